The molecule has 5 saturated heterocycles. The van der Waals surface area contributed by atoms with Crippen LogP contribution in [0.2, 0.25) is 0 Å². The van der Waals surface area contributed by atoms with E-state index in [0.29, 0.717) is 0 Å². The fourth-order valence-electron chi connectivity index (χ4n) is 12.5. The van der Waals surface area contributed by atoms with Gasteiger partial charge in [0.15, 0.2) is 42.8 Å². The van der Waals surface area contributed by atoms with Crippen LogP contribution in [0.15, 0.2) is 12.1 Å². The number of aromatic hydroxyl groups is 2. The number of hydrogen-bond donors (Lipinski definition) is 8. The zero-order chi connectivity index (χ0) is 61.5. The molecule has 6 aliphatic rings. The van der Waals surface area contributed by atoms with Gasteiger partial charge in [-0.25, -0.2) is 0 Å². The Morgan fingerprint density at radius 2 is 1.29 bits per heavy atom. The van der Waals surface area contributed by atoms with Crippen LogP contribution in [-0.4, -0.2) is 225 Å². The zero-order valence-corrected chi connectivity index (χ0v) is 49.4. The van der Waals surface area contributed by atoms with Crippen molar-refractivity contribution in [3.63, 3.8) is 0 Å². The van der Waals surface area contributed by atoms with Gasteiger partial charge >= 0.3 is 11.9 Å². The van der Waals surface area contributed by atoms with Crippen LogP contribution in [0.1, 0.15) is 122 Å². The van der Waals surface area contributed by atoms with Crippen molar-refractivity contribution >= 4 is 34.3 Å². The Morgan fingerprint density at radius 3 is 1.86 bits per heavy atom. The van der Waals surface area contributed by atoms with Gasteiger partial charge in [-0.1, -0.05) is 6.92 Å². The maximum Gasteiger partial charge on any atom is 0.305 e. The number of aliphatic hydroxyl groups is 6. The van der Waals surface area contributed by atoms with E-state index in [1.54, 1.807) is 34.6 Å². The fraction of sp³-hybridized carbons (Fsp3) is 0.759. The Bertz CT molecular complexity index is 2640. The summed E-state index contributed by atoms with van der Waals surface area (Å²) < 4.78 is 84.4. The summed E-state index contributed by atoms with van der Waals surface area (Å²) in [5, 5.41) is 90.1. The number of fused-ring (bicyclic) bond motifs is 2. The van der Waals surface area contributed by atoms with Crippen molar-refractivity contribution in [2.75, 3.05) is 14.2 Å². The molecule has 0 amide bonds. The summed E-state index contributed by atoms with van der Waals surface area (Å²) in [6.07, 6.45) is -25.7. The zero-order valence-electron chi connectivity index (χ0n) is 49.4. The summed E-state index contributed by atoms with van der Waals surface area (Å²) in [7, 11) is 2.65. The third kappa shape index (κ3) is 14.0. The van der Waals surface area contributed by atoms with E-state index >= 15 is 4.79 Å². The minimum absolute atomic E-state index is 0.0531. The first-order valence-corrected chi connectivity index (χ1v) is 28.8. The van der Waals surface area contributed by atoms with Gasteiger partial charge in [0, 0.05) is 71.1 Å². The second-order valence-corrected chi connectivity index (χ2v) is 23.3. The molecule has 5 aliphatic heterocycles. The summed E-state index contributed by atoms with van der Waals surface area (Å²) in [6, 6.07) is 3.03. The molecule has 0 saturated carbocycles. The van der Waals surface area contributed by atoms with Crippen LogP contribution in [0.3, 0.4) is 0 Å². The number of carbonyl (C=O) groups excluding carboxylic acids is 4. The van der Waals surface area contributed by atoms with Gasteiger partial charge in [-0.05, 0) is 84.9 Å². The number of aliphatic hydroxyl groups excluding tert-OH is 5. The molecule has 472 valence electrons. The highest BCUT2D eigenvalue weighted by molar-refractivity contribution is 6.11. The number of carbonyl (C=O) groups is 4. The lowest BCUT2D eigenvalue weighted by Crippen LogP contribution is -2.59. The molecule has 5 fully saturated rings. The van der Waals surface area contributed by atoms with Gasteiger partial charge in [0.1, 0.15) is 71.7 Å². The van der Waals surface area contributed by atoms with Crippen LogP contribution in [-0.2, 0) is 82.4 Å². The molecule has 0 aromatic heterocycles. The normalized spacial score (nSPS) is 39.4. The number of hydrogen-bond acceptors (Lipinski definition) is 26. The quantitative estimate of drug-likeness (QED) is 0.0932. The van der Waals surface area contributed by atoms with E-state index in [0.717, 1.165) is 0 Å². The lowest BCUT2D eigenvalue weighted by Gasteiger charge is -2.46. The van der Waals surface area contributed by atoms with E-state index in [4.69, 9.17) is 66.3 Å². The molecule has 8 rings (SSSR count). The highest BCUT2D eigenvalue weighted by atomic mass is 16.7. The van der Waals surface area contributed by atoms with Crippen LogP contribution < -0.4 is 4.74 Å². The van der Waals surface area contributed by atoms with E-state index in [1.807, 2.05) is 0 Å². The first kappa shape index (κ1) is 65.7. The average molecular weight is 1200 g/mol. The smallest absolute Gasteiger partial charge is 0.305 e. The van der Waals surface area contributed by atoms with Gasteiger partial charge in [-0.2, -0.15) is 0 Å². The predicted octanol–water partition coefficient (Wildman–Crippen LogP) is 1.94. The Morgan fingerprint density at radius 1 is 0.726 bits per heavy atom. The lowest BCUT2D eigenvalue weighted by atomic mass is 9.75. The van der Waals surface area contributed by atoms with Crippen LogP contribution in [0.4, 0.5) is 0 Å². The molecule has 84 heavy (non-hydrogen) atoms. The Labute approximate surface area is 486 Å². The predicted molar refractivity (Wildman–Crippen MR) is 287 cm³/mol. The molecule has 1 aliphatic carbocycles. The van der Waals surface area contributed by atoms with Crippen LogP contribution in [0, 0.1) is 12.8 Å². The third-order valence-corrected chi connectivity index (χ3v) is 16.9. The summed E-state index contributed by atoms with van der Waals surface area (Å²) >= 11 is 0. The van der Waals surface area contributed by atoms with Crippen LogP contribution >= 0.6 is 0 Å². The maximum atomic E-state index is 15.1. The molecule has 0 spiro atoms. The largest absolute Gasteiger partial charge is 0.507 e. The topological polar surface area (TPSA) is 359 Å². The first-order chi connectivity index (χ1) is 39.5. The molecule has 0 radical (unpaired) electrons. The second-order valence-electron chi connectivity index (χ2n) is 23.3. The number of methoxy groups -OCH3 is 2. The van der Waals surface area contributed by atoms with Crippen molar-refractivity contribution in [3.05, 3.63) is 28.8 Å². The molecule has 5 heterocycles. The van der Waals surface area contributed by atoms with Crippen LogP contribution in [0.25, 0.3) is 10.8 Å². The number of rotatable bonds is 19. The van der Waals surface area contributed by atoms with Crippen molar-refractivity contribution in [3.8, 4) is 17.2 Å². The minimum Gasteiger partial charge on any atom is -0.507 e. The molecule has 26 nitrogen and oxygen atoms in total. The molecular weight excluding hydrogens is 1110 g/mol. The molecule has 2 aromatic rings. The number of ether oxygens (including phenoxy) is 14. The summed E-state index contributed by atoms with van der Waals surface area (Å²) in [5.41, 5.74) is -1.52. The van der Waals surface area contributed by atoms with Crippen molar-refractivity contribution in [2.24, 2.45) is 5.92 Å². The number of benzene rings is 2. The number of phenols is 2. The number of ketones is 2. The van der Waals surface area contributed by atoms with Gasteiger partial charge in [0.2, 0.25) is 6.29 Å². The van der Waals surface area contributed by atoms with E-state index in [2.05, 4.69) is 0 Å². The standard InChI is InChI=1S/C58H84O26/c1-13-38(62)82-57-28(8)77-43(21-58(57,10)70)81-36-18-40(73-24(4)49(36)66)80-35-19-42(74-25(5)48(35)65)84-56-32(55(72-12)52(69)47(64)23(3)59)15-30-14-31-16-34(22(2)46(63)44(31)50(67)45(30)51(56)68)79-41-20-37(78-29(9)60)54(27(7)76-41)83-39-17-33(61)53(71-11)26(6)75-39/h14,16,23-28,32-33,35-37,39-43,47-49,53-57,59,61,63-67,70H,13,15,17-21H2,1-12H3/t23-,24?,25?,26?,27?,28?,32+,33?,35?,36?,37?,39?,40?,41?,42?,43?,47+,48?,49?,53?,54?,55+,56+,57?,58?/m1/s1. The maximum absolute atomic E-state index is 15.1. The molecule has 26 heteroatoms. The average Bonchev–Trinajstić information content (AvgIpc) is 0.985. The van der Waals surface area contributed by atoms with E-state index in [-0.39, 0.29) is 78.2 Å². The first-order valence-electron chi connectivity index (χ1n) is 28.8. The summed E-state index contributed by atoms with van der Waals surface area (Å²) in [6.45, 7) is 15.3. The Balaban J connectivity index is 1.02. The van der Waals surface area contributed by atoms with Crippen LogP contribution in [0.5, 0.6) is 17.2 Å². The van der Waals surface area contributed by atoms with Gasteiger partial charge in [0.05, 0.1) is 65.9 Å². The summed E-state index contributed by atoms with van der Waals surface area (Å²) in [5.74, 6) is -5.26. The second kappa shape index (κ2) is 27.0. The molecule has 8 N–H and O–H groups in total. The SMILES string of the molecule is CCC(=O)OC1C(C)OC(OC2CC(OC3CC(O[C@@H]4C(=O)c5c(cc6cc(OC7CC(OC(C)=O)C(OC8CC(O)C(OC)C(C)O8)C(C)O7)c(C)c(O)c6c5O)C[C@H]4[C@H](OC)C(=O)[C@@H](O)[C@@H](C)O)OC(C)C3O)OC(C)C2O)CC1(C)O. The monoisotopic (exact) mass is 1200 g/mol. The molecular formula is C58H84O26. The molecule has 2 aromatic carbocycles. The highest BCUT2D eigenvalue weighted by Crippen LogP contribution is 2.48. The van der Waals surface area contributed by atoms with Gasteiger partial charge < -0.3 is 107 Å². The molecule has 20 unspecified atom stereocenters. The van der Waals surface area contributed by atoms with Crippen molar-refractivity contribution in [1.82, 2.24) is 0 Å². The third-order valence-electron chi connectivity index (χ3n) is 16.9. The minimum atomic E-state index is -1.96. The van der Waals surface area contributed by atoms with E-state index in [1.165, 1.54) is 61.0 Å². The Hall–Kier alpha value is -4.30. The van der Waals surface area contributed by atoms with Crippen molar-refractivity contribution < 1.29 is 126 Å². The lowest BCUT2D eigenvalue weighted by molar-refractivity contribution is -0.334. The molecule has 25 atom stereocenters. The van der Waals surface area contributed by atoms with Crippen molar-refractivity contribution in [2.45, 2.75) is 261 Å². The molecule has 0 bridgehead atoms. The van der Waals surface area contributed by atoms with Gasteiger partial charge in [0.25, 0.3) is 0 Å². The fourth-order valence-corrected chi connectivity index (χ4v) is 12.5. The Kier molecular flexibility index (Phi) is 21.1. The van der Waals surface area contributed by atoms with Gasteiger partial charge in [-0.15, -0.1) is 0 Å². The number of esters is 2. The summed E-state index contributed by atoms with van der Waals surface area (Å²) in [4.78, 5) is 53.7. The van der Waals surface area contributed by atoms with E-state index in [9.17, 15) is 55.2 Å². The van der Waals surface area contributed by atoms with Gasteiger partial charge in [-0.3, -0.25) is 19.2 Å². The van der Waals surface area contributed by atoms with Crippen molar-refractivity contribution in [1.29, 1.82) is 0 Å². The highest BCUT2D eigenvalue weighted by Gasteiger charge is 2.53. The number of phenolic OH excluding ortho intramolecular Hbond substituents is 2. The number of Topliss-reactive ketones (excluding diaryl/α,β-unsaturated/α-hetero) is 2. The van der Waals surface area contributed by atoms with E-state index < -0.39 is 188 Å².